The number of carbonyl (C=O) groups is 1. The van der Waals surface area contributed by atoms with Crippen molar-refractivity contribution in [2.45, 2.75) is 0 Å². The summed E-state index contributed by atoms with van der Waals surface area (Å²) in [5.74, 6) is 0. The van der Waals surface area contributed by atoms with Gasteiger partial charge in [0.2, 0.25) is 0 Å². The average molecular weight is 155 g/mol. The molecule has 0 atom stereocenters. The van der Waals surface area contributed by atoms with Gasteiger partial charge in [-0.25, -0.2) is 4.21 Å². The van der Waals surface area contributed by atoms with Crippen LogP contribution in [0.4, 0.5) is 0 Å². The molecule has 0 aliphatic carbocycles. The van der Waals surface area contributed by atoms with Crippen LogP contribution in [-0.4, -0.2) is 27.6 Å². The van der Waals surface area contributed by atoms with Crippen LogP contribution in [0, 0.1) is 0 Å². The molecule has 4 heteroatoms. The maximum Gasteiger partial charge on any atom is 0.167 e. The zero-order valence-electron chi connectivity index (χ0n) is 5.11. The number of aldehydes is 1. The molecule has 0 aromatic rings. The molecule has 0 amide bonds. The third-order valence-electron chi connectivity index (χ3n) is 1.09. The first-order valence-electron chi connectivity index (χ1n) is 2.70. The number of hydrogen-bond donors (Lipinski definition) is 0. The van der Waals surface area contributed by atoms with Crippen molar-refractivity contribution in [3.05, 3.63) is 12.2 Å². The van der Waals surface area contributed by atoms with Crippen LogP contribution in [-0.2, 0) is 16.1 Å². The van der Waals surface area contributed by atoms with Crippen molar-refractivity contribution in [3.8, 4) is 0 Å². The van der Waals surface area contributed by atoms with Gasteiger partial charge in [0, 0.05) is 0 Å². The second-order valence-corrected chi connectivity index (χ2v) is 2.43. The van der Waals surface area contributed by atoms with Gasteiger partial charge in [-0.1, -0.05) is 0 Å². The minimum Gasteiger partial charge on any atom is -0.296 e. The lowest BCUT2D eigenvalue weighted by atomic mass is 10.2. The van der Waals surface area contributed by atoms with Crippen molar-refractivity contribution in [1.29, 1.82) is 0 Å². The lowest BCUT2D eigenvalue weighted by Gasteiger charge is -1.97. The molecule has 3 nitrogen and oxygen atoms in total. The minimum atomic E-state index is 0.346. The number of hydrogen-bond acceptors (Lipinski definition) is 3. The first-order valence-corrected chi connectivity index (χ1v) is 3.44. The van der Waals surface area contributed by atoms with Gasteiger partial charge < -0.3 is 0 Å². The van der Waals surface area contributed by atoms with E-state index in [0.717, 1.165) is 0 Å². The summed E-state index contributed by atoms with van der Waals surface area (Å²) < 4.78 is 10.2. The molecule has 0 radical (unpaired) electrons. The van der Waals surface area contributed by atoms with Crippen LogP contribution >= 0.6 is 0 Å². The highest BCUT2D eigenvalue weighted by Crippen LogP contribution is 1.90. The van der Waals surface area contributed by atoms with E-state index in [-0.39, 0.29) is 0 Å². The predicted octanol–water partition coefficient (Wildman–Crippen LogP) is -0.419. The van der Waals surface area contributed by atoms with E-state index in [9.17, 15) is 9.00 Å². The summed E-state index contributed by atoms with van der Waals surface area (Å²) in [7, 11) is 0. The smallest absolute Gasteiger partial charge is 0.167 e. The molecule has 1 aliphatic rings. The Hall–Kier alpha value is -1.03. The molecule has 0 spiro atoms. The van der Waals surface area contributed by atoms with Gasteiger partial charge in [0.05, 0.1) is 28.4 Å². The first-order chi connectivity index (χ1) is 4.86. The standard InChI is InChI=1S/C6H5NO2S/c8-4-5-1-2-6(10-9)3-7-5/h1-2,4H,3H2. The van der Waals surface area contributed by atoms with E-state index in [2.05, 4.69) is 4.99 Å². The molecule has 0 unspecified atom stereocenters. The van der Waals surface area contributed by atoms with Gasteiger partial charge in [-0.2, -0.15) is 0 Å². The summed E-state index contributed by atoms with van der Waals surface area (Å²) in [6.07, 6.45) is 3.83. The summed E-state index contributed by atoms with van der Waals surface area (Å²) in [4.78, 5) is 14.5. The van der Waals surface area contributed by atoms with Crippen molar-refractivity contribution < 1.29 is 9.00 Å². The summed E-state index contributed by atoms with van der Waals surface area (Å²) >= 11 is 0.415. The fraction of sp³-hybridized carbons (Fsp3) is 0.167. The largest absolute Gasteiger partial charge is 0.296 e. The lowest BCUT2D eigenvalue weighted by Crippen LogP contribution is -2.09. The Kier molecular flexibility index (Phi) is 2.28. The number of rotatable bonds is 1. The Morgan fingerprint density at radius 1 is 1.60 bits per heavy atom. The molecular formula is C6H5NO2S. The van der Waals surface area contributed by atoms with Crippen LogP contribution in [0.2, 0.25) is 0 Å². The molecule has 10 heavy (non-hydrogen) atoms. The molecule has 0 aromatic carbocycles. The van der Waals surface area contributed by atoms with Crippen LogP contribution in [0.5, 0.6) is 0 Å². The van der Waals surface area contributed by atoms with E-state index in [1.807, 2.05) is 0 Å². The lowest BCUT2D eigenvalue weighted by molar-refractivity contribution is -0.102. The Morgan fingerprint density at radius 3 is 2.80 bits per heavy atom. The molecule has 0 saturated carbocycles. The SMILES string of the molecule is O=CC1=NCC(=S=O)C=C1. The number of nitrogens with zero attached hydrogens (tertiary/aromatic N) is 1. The first kappa shape index (κ1) is 7.08. The normalized spacial score (nSPS) is 16.4. The van der Waals surface area contributed by atoms with E-state index in [1.165, 1.54) is 6.08 Å². The second kappa shape index (κ2) is 3.22. The van der Waals surface area contributed by atoms with Gasteiger partial charge in [0.25, 0.3) is 0 Å². The third kappa shape index (κ3) is 1.48. The minimum absolute atomic E-state index is 0.346. The van der Waals surface area contributed by atoms with E-state index in [1.54, 1.807) is 6.08 Å². The summed E-state index contributed by atoms with van der Waals surface area (Å²) in [6.45, 7) is 0.346. The van der Waals surface area contributed by atoms with Crippen LogP contribution in [0.1, 0.15) is 0 Å². The Labute approximate surface area is 61.5 Å². The van der Waals surface area contributed by atoms with Crippen LogP contribution in [0.25, 0.3) is 0 Å². The molecule has 0 saturated heterocycles. The number of carbonyl (C=O) groups excluding carboxylic acids is 1. The Morgan fingerprint density at radius 2 is 2.40 bits per heavy atom. The van der Waals surface area contributed by atoms with Gasteiger partial charge in [0.15, 0.2) is 6.29 Å². The van der Waals surface area contributed by atoms with Crippen molar-refractivity contribution in [2.75, 3.05) is 6.54 Å². The second-order valence-electron chi connectivity index (χ2n) is 1.74. The number of dihydropyridines is 1. The molecule has 1 rings (SSSR count). The van der Waals surface area contributed by atoms with Crippen molar-refractivity contribution in [3.63, 3.8) is 0 Å². The van der Waals surface area contributed by atoms with E-state index in [4.69, 9.17) is 0 Å². The van der Waals surface area contributed by atoms with Gasteiger partial charge in [-0.05, 0) is 12.2 Å². The topological polar surface area (TPSA) is 46.5 Å². The van der Waals surface area contributed by atoms with Crippen molar-refractivity contribution in [1.82, 2.24) is 0 Å². The quantitative estimate of drug-likeness (QED) is 0.381. The summed E-state index contributed by atoms with van der Waals surface area (Å²) in [6, 6.07) is 0. The molecular weight excluding hydrogens is 150 g/mol. The van der Waals surface area contributed by atoms with E-state index < -0.39 is 0 Å². The molecule has 0 N–H and O–H groups in total. The van der Waals surface area contributed by atoms with Gasteiger partial charge >= 0.3 is 0 Å². The molecule has 0 aromatic heterocycles. The fourth-order valence-electron chi connectivity index (χ4n) is 0.584. The van der Waals surface area contributed by atoms with Crippen LogP contribution < -0.4 is 0 Å². The molecule has 1 aliphatic heterocycles. The fourth-order valence-corrected chi connectivity index (χ4v) is 0.824. The zero-order valence-corrected chi connectivity index (χ0v) is 5.93. The molecule has 1 heterocycles. The Bertz CT molecular complexity index is 261. The highest BCUT2D eigenvalue weighted by atomic mass is 32.1. The molecule has 0 bridgehead atoms. The maximum absolute atomic E-state index is 10.2. The average Bonchev–Trinajstić information content (AvgIpc) is 2.05. The van der Waals surface area contributed by atoms with Crippen molar-refractivity contribution >= 4 is 28.1 Å². The van der Waals surface area contributed by atoms with Gasteiger partial charge in [-0.15, -0.1) is 0 Å². The monoisotopic (exact) mass is 155 g/mol. The predicted molar refractivity (Wildman–Crippen MR) is 40.7 cm³/mol. The van der Waals surface area contributed by atoms with Gasteiger partial charge in [-0.3, -0.25) is 9.79 Å². The number of allylic oxidation sites excluding steroid dienone is 1. The van der Waals surface area contributed by atoms with E-state index >= 15 is 0 Å². The van der Waals surface area contributed by atoms with Crippen LogP contribution in [0.15, 0.2) is 17.1 Å². The maximum atomic E-state index is 10.2. The number of aliphatic imine (C=N–C) groups is 1. The third-order valence-corrected chi connectivity index (χ3v) is 1.56. The van der Waals surface area contributed by atoms with E-state index in [0.29, 0.717) is 34.7 Å². The van der Waals surface area contributed by atoms with Crippen LogP contribution in [0.3, 0.4) is 0 Å². The Balaban J connectivity index is 2.81. The van der Waals surface area contributed by atoms with Crippen molar-refractivity contribution in [2.24, 2.45) is 4.99 Å². The summed E-state index contributed by atoms with van der Waals surface area (Å²) in [5.41, 5.74) is 0.401. The summed E-state index contributed by atoms with van der Waals surface area (Å²) in [5, 5.41) is 0. The molecule has 52 valence electrons. The van der Waals surface area contributed by atoms with Gasteiger partial charge in [0.1, 0.15) is 0 Å². The molecule has 0 fully saturated rings. The highest BCUT2D eigenvalue weighted by molar-refractivity contribution is 7.67. The zero-order chi connectivity index (χ0) is 7.40. The highest BCUT2D eigenvalue weighted by Gasteiger charge is 2.00.